The quantitative estimate of drug-likeness (QED) is 0.719. The third-order valence-corrected chi connectivity index (χ3v) is 3.00. The fraction of sp³-hybridized carbons (Fsp3) is 0.500. The van der Waals surface area contributed by atoms with Crippen molar-refractivity contribution in [2.45, 2.75) is 20.3 Å². The summed E-state index contributed by atoms with van der Waals surface area (Å²) < 4.78 is 0. The van der Waals surface area contributed by atoms with Gasteiger partial charge in [0.05, 0.1) is 0 Å². The van der Waals surface area contributed by atoms with E-state index in [2.05, 4.69) is 43.4 Å². The summed E-state index contributed by atoms with van der Waals surface area (Å²) in [5, 5.41) is 3.43. The summed E-state index contributed by atoms with van der Waals surface area (Å²) >= 11 is 2.01. The highest BCUT2D eigenvalue weighted by Gasteiger charge is 1.91. The van der Waals surface area contributed by atoms with Gasteiger partial charge in [-0.15, -0.1) is 0 Å². The molecule has 0 saturated heterocycles. The lowest BCUT2D eigenvalue weighted by molar-refractivity contribution is 0.991. The largest absolute Gasteiger partial charge is 0.385 e. The molecule has 0 atom stereocenters. The van der Waals surface area contributed by atoms with Gasteiger partial charge < -0.3 is 5.32 Å². The van der Waals surface area contributed by atoms with Gasteiger partial charge in [0.1, 0.15) is 0 Å². The number of hydrogen-bond donors (Lipinski definition) is 1. The van der Waals surface area contributed by atoms with Crippen LogP contribution in [0.1, 0.15) is 18.9 Å². The van der Waals surface area contributed by atoms with Crippen LogP contribution in [0.15, 0.2) is 24.3 Å². The highest BCUT2D eigenvalue weighted by molar-refractivity contribution is 7.99. The third kappa shape index (κ3) is 4.56. The summed E-state index contributed by atoms with van der Waals surface area (Å²) in [5.74, 6) is 2.49. The van der Waals surface area contributed by atoms with Gasteiger partial charge in [0.2, 0.25) is 0 Å². The van der Waals surface area contributed by atoms with Gasteiger partial charge in [-0.25, -0.2) is 0 Å². The molecule has 0 fully saturated rings. The van der Waals surface area contributed by atoms with Gasteiger partial charge in [0.25, 0.3) is 0 Å². The number of anilines is 1. The summed E-state index contributed by atoms with van der Waals surface area (Å²) in [6.45, 7) is 5.41. The molecule has 0 saturated carbocycles. The molecule has 1 nitrogen and oxygen atoms in total. The molecule has 1 aromatic rings. The van der Waals surface area contributed by atoms with Crippen LogP contribution in [0.4, 0.5) is 5.69 Å². The fourth-order valence-corrected chi connectivity index (χ4v) is 1.94. The van der Waals surface area contributed by atoms with Crippen LogP contribution in [0.5, 0.6) is 0 Å². The van der Waals surface area contributed by atoms with E-state index in [9.17, 15) is 0 Å². The normalized spacial score (nSPS) is 10.1. The Morgan fingerprint density at radius 1 is 1.36 bits per heavy atom. The van der Waals surface area contributed by atoms with Gasteiger partial charge >= 0.3 is 0 Å². The van der Waals surface area contributed by atoms with Crippen LogP contribution >= 0.6 is 11.8 Å². The van der Waals surface area contributed by atoms with E-state index in [1.54, 1.807) is 0 Å². The van der Waals surface area contributed by atoms with E-state index in [4.69, 9.17) is 0 Å². The fourth-order valence-electron chi connectivity index (χ4n) is 1.31. The molecule has 1 aromatic carbocycles. The van der Waals surface area contributed by atoms with Crippen LogP contribution in [0.2, 0.25) is 0 Å². The van der Waals surface area contributed by atoms with Crippen LogP contribution in [-0.4, -0.2) is 18.1 Å². The maximum absolute atomic E-state index is 3.43. The lowest BCUT2D eigenvalue weighted by atomic mass is 10.2. The van der Waals surface area contributed by atoms with Crippen molar-refractivity contribution in [2.24, 2.45) is 0 Å². The van der Waals surface area contributed by atoms with Crippen molar-refractivity contribution in [2.75, 3.05) is 23.4 Å². The predicted octanol–water partition coefficient (Wildman–Crippen LogP) is 3.55. The number of nitrogens with one attached hydrogen (secondary N) is 1. The van der Waals surface area contributed by atoms with Crippen molar-refractivity contribution in [1.82, 2.24) is 0 Å². The van der Waals surface area contributed by atoms with E-state index >= 15 is 0 Å². The number of rotatable bonds is 6. The standard InChI is InChI=1S/C12H19NS/c1-3-14-9-5-8-13-12-7-4-6-11(2)10-12/h4,6-7,10,13H,3,5,8-9H2,1-2H3. The van der Waals surface area contributed by atoms with Crippen molar-refractivity contribution >= 4 is 17.4 Å². The summed E-state index contributed by atoms with van der Waals surface area (Å²) in [4.78, 5) is 0. The topological polar surface area (TPSA) is 12.0 Å². The molecular formula is C12H19NS. The van der Waals surface area contributed by atoms with Gasteiger partial charge in [0, 0.05) is 12.2 Å². The van der Waals surface area contributed by atoms with Crippen LogP contribution in [-0.2, 0) is 0 Å². The maximum atomic E-state index is 3.43. The molecule has 0 heterocycles. The van der Waals surface area contributed by atoms with Crippen molar-refractivity contribution in [3.63, 3.8) is 0 Å². The van der Waals surface area contributed by atoms with Gasteiger partial charge in [-0.3, -0.25) is 0 Å². The Hall–Kier alpha value is -0.630. The third-order valence-electron chi connectivity index (χ3n) is 2.02. The Kier molecular flexibility index (Phi) is 5.53. The van der Waals surface area contributed by atoms with E-state index in [0.717, 1.165) is 6.54 Å². The van der Waals surface area contributed by atoms with E-state index in [-0.39, 0.29) is 0 Å². The lowest BCUT2D eigenvalue weighted by Crippen LogP contribution is -2.02. The Morgan fingerprint density at radius 2 is 2.21 bits per heavy atom. The minimum Gasteiger partial charge on any atom is -0.385 e. The maximum Gasteiger partial charge on any atom is 0.0342 e. The number of aryl methyl sites for hydroxylation is 1. The Morgan fingerprint density at radius 3 is 2.93 bits per heavy atom. The van der Waals surface area contributed by atoms with Gasteiger partial charge in [-0.2, -0.15) is 11.8 Å². The van der Waals surface area contributed by atoms with Crippen LogP contribution < -0.4 is 5.32 Å². The van der Waals surface area contributed by atoms with E-state index < -0.39 is 0 Å². The van der Waals surface area contributed by atoms with Crippen LogP contribution in [0, 0.1) is 6.92 Å². The molecule has 0 radical (unpaired) electrons. The van der Waals surface area contributed by atoms with Crippen LogP contribution in [0.3, 0.4) is 0 Å². The Bertz CT molecular complexity index is 260. The molecule has 78 valence electrons. The average Bonchev–Trinajstić information content (AvgIpc) is 2.18. The monoisotopic (exact) mass is 209 g/mol. The molecule has 0 aliphatic carbocycles. The number of benzene rings is 1. The summed E-state index contributed by atoms with van der Waals surface area (Å²) in [6, 6.07) is 8.53. The van der Waals surface area contributed by atoms with Crippen molar-refractivity contribution in [3.8, 4) is 0 Å². The first-order valence-corrected chi connectivity index (χ1v) is 6.36. The first-order valence-electron chi connectivity index (χ1n) is 5.21. The molecular weight excluding hydrogens is 190 g/mol. The Labute approximate surface area is 91.3 Å². The van der Waals surface area contributed by atoms with Crippen LogP contribution in [0.25, 0.3) is 0 Å². The molecule has 2 heteroatoms. The zero-order chi connectivity index (χ0) is 10.2. The van der Waals surface area contributed by atoms with Crippen molar-refractivity contribution in [1.29, 1.82) is 0 Å². The second-order valence-electron chi connectivity index (χ2n) is 3.35. The molecule has 1 N–H and O–H groups in total. The summed E-state index contributed by atoms with van der Waals surface area (Å²) in [7, 11) is 0. The molecule has 0 spiro atoms. The molecule has 1 rings (SSSR count). The molecule has 0 unspecified atom stereocenters. The van der Waals surface area contributed by atoms with Crippen molar-refractivity contribution < 1.29 is 0 Å². The lowest BCUT2D eigenvalue weighted by Gasteiger charge is -2.06. The van der Waals surface area contributed by atoms with E-state index in [1.807, 2.05) is 11.8 Å². The van der Waals surface area contributed by atoms with E-state index in [1.165, 1.54) is 29.2 Å². The number of thioether (sulfide) groups is 1. The molecule has 0 amide bonds. The van der Waals surface area contributed by atoms with Crippen molar-refractivity contribution in [3.05, 3.63) is 29.8 Å². The minimum atomic E-state index is 1.08. The first-order chi connectivity index (χ1) is 6.83. The minimum absolute atomic E-state index is 1.08. The molecule has 0 bridgehead atoms. The SMILES string of the molecule is CCSCCCNc1cccc(C)c1. The molecule has 0 aromatic heterocycles. The summed E-state index contributed by atoms with van der Waals surface area (Å²) in [6.07, 6.45) is 1.24. The second-order valence-corrected chi connectivity index (χ2v) is 4.74. The Balaban J connectivity index is 2.18. The van der Waals surface area contributed by atoms with Gasteiger partial charge in [-0.05, 0) is 42.5 Å². The predicted molar refractivity (Wildman–Crippen MR) is 67.3 cm³/mol. The van der Waals surface area contributed by atoms with Gasteiger partial charge in [-0.1, -0.05) is 19.1 Å². The molecule has 0 aliphatic heterocycles. The van der Waals surface area contributed by atoms with E-state index in [0.29, 0.717) is 0 Å². The van der Waals surface area contributed by atoms with Gasteiger partial charge in [0.15, 0.2) is 0 Å². The highest BCUT2D eigenvalue weighted by atomic mass is 32.2. The molecule has 14 heavy (non-hydrogen) atoms. The molecule has 0 aliphatic rings. The zero-order valence-electron chi connectivity index (χ0n) is 9.05. The average molecular weight is 209 g/mol. The summed E-state index contributed by atoms with van der Waals surface area (Å²) in [5.41, 5.74) is 2.56. The first kappa shape index (κ1) is 11.4. The smallest absolute Gasteiger partial charge is 0.0342 e. The zero-order valence-corrected chi connectivity index (χ0v) is 9.86. The number of hydrogen-bond acceptors (Lipinski definition) is 2. The second kappa shape index (κ2) is 6.77. The highest BCUT2D eigenvalue weighted by Crippen LogP contribution is 2.09.